The van der Waals surface area contributed by atoms with E-state index in [0.29, 0.717) is 12.3 Å². The number of fused-ring (bicyclic) bond motifs is 1. The van der Waals surface area contributed by atoms with Crippen molar-refractivity contribution in [1.29, 1.82) is 0 Å². The first-order chi connectivity index (χ1) is 17.6. The average molecular weight is 498 g/mol. The number of phenols is 1. The molecule has 0 amide bonds. The van der Waals surface area contributed by atoms with Crippen molar-refractivity contribution in [2.24, 2.45) is 5.92 Å². The van der Waals surface area contributed by atoms with Crippen LogP contribution in [0.25, 0.3) is 0 Å². The Kier molecular flexibility index (Phi) is 9.99. The van der Waals surface area contributed by atoms with Crippen LogP contribution in [0.2, 0.25) is 0 Å². The van der Waals surface area contributed by atoms with Crippen molar-refractivity contribution < 1.29 is 20.8 Å². The molecule has 0 bridgehead atoms. The Morgan fingerprint density at radius 3 is 2.89 bits per heavy atom. The van der Waals surface area contributed by atoms with Crippen LogP contribution in [0, 0.1) is 5.92 Å². The molecule has 3 aliphatic heterocycles. The van der Waals surface area contributed by atoms with Crippen molar-refractivity contribution in [3.8, 4) is 5.75 Å². The summed E-state index contributed by atoms with van der Waals surface area (Å²) in [5.41, 5.74) is 3.50. The van der Waals surface area contributed by atoms with Crippen LogP contribution >= 0.6 is 0 Å². The van der Waals surface area contributed by atoms with Gasteiger partial charge >= 0.3 is 5.97 Å². The van der Waals surface area contributed by atoms with Gasteiger partial charge in [0, 0.05) is 45.9 Å². The number of anilines is 1. The van der Waals surface area contributed by atoms with Gasteiger partial charge in [0.05, 0.1) is 13.5 Å². The maximum absolute atomic E-state index is 12.0. The fourth-order valence-electron chi connectivity index (χ4n) is 5.35. The number of aryl methyl sites for hydroxylation is 2. The van der Waals surface area contributed by atoms with Crippen LogP contribution in [0.4, 0.5) is 5.82 Å². The minimum Gasteiger partial charge on any atom is -0.508 e. The summed E-state index contributed by atoms with van der Waals surface area (Å²) in [6, 6.07) is 11.7. The van der Waals surface area contributed by atoms with Crippen LogP contribution < -0.4 is 5.32 Å². The van der Waals surface area contributed by atoms with Crippen molar-refractivity contribution in [3.05, 3.63) is 53.2 Å². The second-order valence-electron chi connectivity index (χ2n) is 10.2. The molecular weight excluding hydrogens is 454 g/mol. The number of likely N-dealkylation sites (tertiary alicyclic amines) is 1. The Morgan fingerprint density at radius 2 is 2.14 bits per heavy atom. The summed E-state index contributed by atoms with van der Waals surface area (Å²) < 4.78 is 9.86. The minimum atomic E-state index is -0.212. The number of methoxy groups -OCH3 is 1. The lowest BCUT2D eigenvalue weighted by atomic mass is 9.94. The van der Waals surface area contributed by atoms with E-state index in [1.807, 2.05) is 12.1 Å². The molecule has 2 aromatic rings. The second kappa shape index (κ2) is 13.6. The molecule has 2 fully saturated rings. The lowest BCUT2D eigenvalue weighted by Crippen LogP contribution is -2.28. The number of hydrogen-bond acceptors (Lipinski definition) is 7. The number of phenolic OH excluding ortho intramolecular Hbond substituents is 1. The van der Waals surface area contributed by atoms with E-state index < -0.39 is 0 Å². The van der Waals surface area contributed by atoms with E-state index in [4.69, 9.17) is 14.5 Å². The molecule has 1 unspecified atom stereocenters. The van der Waals surface area contributed by atoms with Gasteiger partial charge in [-0.1, -0.05) is 18.2 Å². The van der Waals surface area contributed by atoms with E-state index in [2.05, 4.69) is 22.3 Å². The summed E-state index contributed by atoms with van der Waals surface area (Å²) >= 11 is 0. The molecule has 2 N–H and O–H groups in total. The zero-order valence-electron chi connectivity index (χ0n) is 21.6. The number of aromatic nitrogens is 1. The number of ether oxygens (including phenoxy) is 2. The average Bonchev–Trinajstić information content (AvgIpc) is 3.63. The fraction of sp³-hybridized carbons (Fsp3) is 0.586. The predicted octanol–water partition coefficient (Wildman–Crippen LogP) is 4.79. The van der Waals surface area contributed by atoms with Crippen molar-refractivity contribution in [2.75, 3.05) is 51.8 Å². The first kappa shape index (κ1) is 26.4. The summed E-state index contributed by atoms with van der Waals surface area (Å²) in [4.78, 5) is 19.2. The molecule has 5 rings (SSSR count). The maximum atomic E-state index is 12.0. The first-order valence-corrected chi connectivity index (χ1v) is 13.5. The molecule has 0 spiro atoms. The third-order valence-corrected chi connectivity index (χ3v) is 7.42. The highest BCUT2D eigenvalue weighted by Gasteiger charge is 2.27. The van der Waals surface area contributed by atoms with E-state index >= 15 is 0 Å². The van der Waals surface area contributed by atoms with Crippen molar-refractivity contribution in [2.45, 2.75) is 57.3 Å². The summed E-state index contributed by atoms with van der Waals surface area (Å²) in [7, 11) is 1.43. The SMILES string of the molecule is C1CCOC1.COC(=O)CC(CN1CC[C@@H](CCc2ccc3c(n2)NCCC3)C1)c1cccc(O)c1.[HH]. The van der Waals surface area contributed by atoms with Crippen LogP contribution in [-0.4, -0.2) is 67.5 Å². The molecule has 36 heavy (non-hydrogen) atoms. The number of rotatable bonds is 8. The number of hydrogen-bond donors (Lipinski definition) is 2. The zero-order chi connectivity index (χ0) is 25.2. The smallest absolute Gasteiger partial charge is 0.306 e. The highest BCUT2D eigenvalue weighted by molar-refractivity contribution is 5.70. The van der Waals surface area contributed by atoms with Gasteiger partial charge in [-0.05, 0) is 86.7 Å². The lowest BCUT2D eigenvalue weighted by molar-refractivity contribution is -0.141. The molecule has 2 saturated heterocycles. The Balaban J connectivity index is 0.000000568. The lowest BCUT2D eigenvalue weighted by Gasteiger charge is -2.24. The number of aromatic hydroxyl groups is 1. The predicted molar refractivity (Wildman–Crippen MR) is 144 cm³/mol. The van der Waals surface area contributed by atoms with E-state index in [9.17, 15) is 9.90 Å². The van der Waals surface area contributed by atoms with Gasteiger partial charge in [-0.25, -0.2) is 4.98 Å². The molecule has 198 valence electrons. The maximum Gasteiger partial charge on any atom is 0.306 e. The monoisotopic (exact) mass is 497 g/mol. The highest BCUT2D eigenvalue weighted by atomic mass is 16.5. The van der Waals surface area contributed by atoms with Gasteiger partial charge in [0.25, 0.3) is 0 Å². The number of carbonyl (C=O) groups is 1. The number of benzene rings is 1. The van der Waals surface area contributed by atoms with E-state index in [-0.39, 0.29) is 19.1 Å². The molecule has 3 aliphatic rings. The highest BCUT2D eigenvalue weighted by Crippen LogP contribution is 2.29. The third kappa shape index (κ3) is 7.93. The molecule has 2 atom stereocenters. The summed E-state index contributed by atoms with van der Waals surface area (Å²) in [6.07, 6.45) is 8.51. The van der Waals surface area contributed by atoms with E-state index in [0.717, 1.165) is 70.0 Å². The van der Waals surface area contributed by atoms with Crippen molar-refractivity contribution in [3.63, 3.8) is 0 Å². The van der Waals surface area contributed by atoms with Crippen LogP contribution in [-0.2, 0) is 27.1 Å². The van der Waals surface area contributed by atoms with Gasteiger partial charge < -0.3 is 24.8 Å². The Hall–Kier alpha value is -2.64. The largest absolute Gasteiger partial charge is 0.508 e. The molecule has 0 radical (unpaired) electrons. The summed E-state index contributed by atoms with van der Waals surface area (Å²) in [5.74, 6) is 1.77. The normalized spacial score (nSPS) is 20.1. The molecule has 1 aromatic carbocycles. The number of nitrogens with zero attached hydrogens (tertiary/aromatic N) is 2. The van der Waals surface area contributed by atoms with Crippen molar-refractivity contribution in [1.82, 2.24) is 9.88 Å². The molecule has 0 aliphatic carbocycles. The summed E-state index contributed by atoms with van der Waals surface area (Å²) in [6.45, 7) is 5.91. The van der Waals surface area contributed by atoms with Gasteiger partial charge in [0.15, 0.2) is 0 Å². The van der Waals surface area contributed by atoms with E-state index in [1.54, 1.807) is 12.1 Å². The van der Waals surface area contributed by atoms with Gasteiger partial charge in [-0.15, -0.1) is 0 Å². The molecule has 1 aromatic heterocycles. The van der Waals surface area contributed by atoms with Gasteiger partial charge in [-0.2, -0.15) is 0 Å². The Morgan fingerprint density at radius 1 is 1.28 bits per heavy atom. The van der Waals surface area contributed by atoms with Crippen LogP contribution in [0.3, 0.4) is 0 Å². The third-order valence-electron chi connectivity index (χ3n) is 7.42. The van der Waals surface area contributed by atoms with Gasteiger partial charge in [0.2, 0.25) is 0 Å². The van der Waals surface area contributed by atoms with Gasteiger partial charge in [0.1, 0.15) is 11.6 Å². The Bertz CT molecular complexity index is 978. The standard InChI is InChI=1S/C25H33N3O3.C4H8O.H2/c1-31-24(30)15-21(20-4-2-6-23(29)14-20)17-28-13-11-18(16-28)7-9-22-10-8-19-5-3-12-26-25(19)27-22;1-2-4-5-3-1;/h2,4,6,8,10,14,18,21,29H,3,5,7,9,11-13,15-17H2,1H3,(H,26,27);1-4H2;1H/t18-,21?;;/m1../s1. The molecule has 4 heterocycles. The van der Waals surface area contributed by atoms with Crippen LogP contribution in [0.1, 0.15) is 62.7 Å². The fourth-order valence-corrected chi connectivity index (χ4v) is 5.35. The number of carbonyl (C=O) groups excluding carboxylic acids is 1. The number of esters is 1. The summed E-state index contributed by atoms with van der Waals surface area (Å²) in [5, 5.41) is 13.3. The van der Waals surface area contributed by atoms with Crippen molar-refractivity contribution >= 4 is 11.8 Å². The van der Waals surface area contributed by atoms with E-state index in [1.165, 1.54) is 44.1 Å². The topological polar surface area (TPSA) is 83.9 Å². The number of nitrogens with one attached hydrogen (secondary N) is 1. The number of pyridine rings is 1. The molecule has 0 saturated carbocycles. The second-order valence-corrected chi connectivity index (χ2v) is 10.2. The quantitative estimate of drug-likeness (QED) is 0.507. The van der Waals surface area contributed by atoms with Gasteiger partial charge in [-0.3, -0.25) is 4.79 Å². The molecule has 7 heteroatoms. The Labute approximate surface area is 216 Å². The molecular formula is C29H43N3O4. The molecule has 7 nitrogen and oxygen atoms in total. The minimum absolute atomic E-state index is 0. The van der Waals surface area contributed by atoms with Crippen LogP contribution in [0.5, 0.6) is 5.75 Å². The zero-order valence-corrected chi connectivity index (χ0v) is 21.6. The van der Waals surface area contributed by atoms with Crippen LogP contribution in [0.15, 0.2) is 36.4 Å². The first-order valence-electron chi connectivity index (χ1n) is 13.5.